The largest absolute Gasteiger partial charge is 0.377 e. The lowest BCUT2D eigenvalue weighted by molar-refractivity contribution is -0.384. The van der Waals surface area contributed by atoms with Crippen molar-refractivity contribution in [2.45, 2.75) is 39.2 Å². The predicted molar refractivity (Wildman–Crippen MR) is 75.7 cm³/mol. The highest BCUT2D eigenvalue weighted by Gasteiger charge is 2.18. The minimum absolute atomic E-state index is 0.0484. The Kier molecular flexibility index (Phi) is 5.69. The molecule has 100 valence electrons. The normalized spacial score (nSPS) is 12.2. The fourth-order valence-corrected chi connectivity index (χ4v) is 1.97. The molecule has 0 aliphatic rings. The van der Waals surface area contributed by atoms with Crippen LogP contribution in [0, 0.1) is 10.1 Å². The van der Waals surface area contributed by atoms with Gasteiger partial charge in [0.15, 0.2) is 0 Å². The van der Waals surface area contributed by atoms with Gasteiger partial charge in [-0.3, -0.25) is 10.1 Å². The number of halogens is 2. The number of unbranched alkanes of at least 4 members (excludes halogenated alkanes) is 1. The number of nitrogens with one attached hydrogen (secondary N) is 1. The number of hydrogen-bond acceptors (Lipinski definition) is 3. The second kappa shape index (κ2) is 6.81. The van der Waals surface area contributed by atoms with Crippen LogP contribution in [-0.4, -0.2) is 11.0 Å². The monoisotopic (exact) mass is 290 g/mol. The van der Waals surface area contributed by atoms with Crippen LogP contribution in [0.4, 0.5) is 11.4 Å². The van der Waals surface area contributed by atoms with E-state index >= 15 is 0 Å². The molecule has 6 heteroatoms. The summed E-state index contributed by atoms with van der Waals surface area (Å²) in [6.45, 7) is 4.09. The third-order valence-electron chi connectivity index (χ3n) is 2.63. The number of nitrogens with zero attached hydrogens (tertiary/aromatic N) is 1. The smallest absolute Gasteiger partial charge is 0.293 e. The molecule has 0 saturated heterocycles. The molecule has 0 saturated carbocycles. The van der Waals surface area contributed by atoms with Crippen LogP contribution in [0.15, 0.2) is 12.1 Å². The van der Waals surface area contributed by atoms with Crippen molar-refractivity contribution < 1.29 is 4.92 Å². The number of nitro groups is 1. The van der Waals surface area contributed by atoms with Crippen LogP contribution < -0.4 is 5.32 Å². The molecule has 0 aliphatic carbocycles. The average Bonchev–Trinajstić information content (AvgIpc) is 2.30. The van der Waals surface area contributed by atoms with Crippen LogP contribution >= 0.6 is 23.2 Å². The van der Waals surface area contributed by atoms with Gasteiger partial charge in [-0.2, -0.15) is 0 Å². The van der Waals surface area contributed by atoms with Crippen molar-refractivity contribution in [2.24, 2.45) is 0 Å². The van der Waals surface area contributed by atoms with Gasteiger partial charge in [0.25, 0.3) is 5.69 Å². The first-order chi connectivity index (χ1) is 8.45. The minimum atomic E-state index is -0.461. The lowest BCUT2D eigenvalue weighted by Crippen LogP contribution is -2.15. The van der Waals surface area contributed by atoms with E-state index < -0.39 is 4.92 Å². The van der Waals surface area contributed by atoms with Gasteiger partial charge in [0.1, 0.15) is 5.69 Å². The zero-order valence-electron chi connectivity index (χ0n) is 10.4. The van der Waals surface area contributed by atoms with E-state index in [1.807, 2.05) is 6.92 Å². The van der Waals surface area contributed by atoms with Gasteiger partial charge in [0, 0.05) is 12.1 Å². The van der Waals surface area contributed by atoms with E-state index in [0.29, 0.717) is 10.7 Å². The molecule has 0 spiro atoms. The number of hydrogen-bond donors (Lipinski definition) is 1. The van der Waals surface area contributed by atoms with E-state index in [2.05, 4.69) is 12.2 Å². The van der Waals surface area contributed by atoms with Crippen LogP contribution in [0.2, 0.25) is 10.0 Å². The molecule has 1 N–H and O–H groups in total. The summed E-state index contributed by atoms with van der Waals surface area (Å²) < 4.78 is 0. The third kappa shape index (κ3) is 4.03. The Morgan fingerprint density at radius 1 is 1.39 bits per heavy atom. The Hall–Kier alpha value is -1.00. The maximum atomic E-state index is 10.9. The molecule has 0 aromatic heterocycles. The van der Waals surface area contributed by atoms with Gasteiger partial charge in [-0.05, 0) is 19.4 Å². The van der Waals surface area contributed by atoms with Crippen molar-refractivity contribution >= 4 is 34.6 Å². The molecule has 0 bridgehead atoms. The summed E-state index contributed by atoms with van der Waals surface area (Å²) >= 11 is 11.7. The summed E-state index contributed by atoms with van der Waals surface area (Å²) in [5, 5.41) is 14.6. The fraction of sp³-hybridized carbons (Fsp3) is 0.500. The van der Waals surface area contributed by atoms with Crippen LogP contribution in [0.1, 0.15) is 33.1 Å². The summed E-state index contributed by atoms with van der Waals surface area (Å²) in [6, 6.07) is 2.93. The number of benzene rings is 1. The molecule has 1 aromatic carbocycles. The van der Waals surface area contributed by atoms with E-state index in [-0.39, 0.29) is 16.8 Å². The first-order valence-corrected chi connectivity index (χ1v) is 6.61. The highest BCUT2D eigenvalue weighted by atomic mass is 35.5. The predicted octanol–water partition coefficient (Wildman–Crippen LogP) is 4.89. The molecule has 1 unspecified atom stereocenters. The van der Waals surface area contributed by atoms with Crippen molar-refractivity contribution in [1.82, 2.24) is 0 Å². The van der Waals surface area contributed by atoms with E-state index in [4.69, 9.17) is 23.2 Å². The van der Waals surface area contributed by atoms with E-state index in [1.54, 1.807) is 0 Å². The molecule has 0 radical (unpaired) electrons. The first kappa shape index (κ1) is 15.1. The Balaban J connectivity index is 2.93. The van der Waals surface area contributed by atoms with Crippen LogP contribution in [-0.2, 0) is 0 Å². The molecule has 0 amide bonds. The molecule has 18 heavy (non-hydrogen) atoms. The Morgan fingerprint density at radius 3 is 2.56 bits per heavy atom. The molecule has 0 fully saturated rings. The summed E-state index contributed by atoms with van der Waals surface area (Å²) in [7, 11) is 0. The van der Waals surface area contributed by atoms with Gasteiger partial charge >= 0.3 is 0 Å². The van der Waals surface area contributed by atoms with Crippen molar-refractivity contribution in [3.8, 4) is 0 Å². The fourth-order valence-electron chi connectivity index (χ4n) is 1.65. The zero-order valence-corrected chi connectivity index (χ0v) is 11.9. The standard InChI is InChI=1S/C12H16Cl2N2O2/c1-3-4-5-8(2)15-11-6-9(13)10(14)7-12(11)16(17)18/h6-8,15H,3-5H2,1-2H3. The Labute approximate surface area is 116 Å². The quantitative estimate of drug-likeness (QED) is 0.599. The minimum Gasteiger partial charge on any atom is -0.377 e. The van der Waals surface area contributed by atoms with E-state index in [1.165, 1.54) is 12.1 Å². The van der Waals surface area contributed by atoms with Gasteiger partial charge in [-0.1, -0.05) is 43.0 Å². The SMILES string of the molecule is CCCCC(C)Nc1cc(Cl)c(Cl)cc1[N+](=O)[O-]. The van der Waals surface area contributed by atoms with Crippen molar-refractivity contribution in [3.63, 3.8) is 0 Å². The lowest BCUT2D eigenvalue weighted by Gasteiger charge is -2.15. The maximum absolute atomic E-state index is 10.9. The molecular formula is C12H16Cl2N2O2. The molecule has 0 aliphatic heterocycles. The van der Waals surface area contributed by atoms with Gasteiger partial charge in [-0.15, -0.1) is 0 Å². The van der Waals surface area contributed by atoms with Gasteiger partial charge in [0.05, 0.1) is 15.0 Å². The molecule has 0 heterocycles. The summed E-state index contributed by atoms with van der Waals surface area (Å²) in [4.78, 5) is 10.5. The van der Waals surface area contributed by atoms with Crippen LogP contribution in [0.3, 0.4) is 0 Å². The molecule has 1 aromatic rings. The van der Waals surface area contributed by atoms with E-state index in [9.17, 15) is 10.1 Å². The Morgan fingerprint density at radius 2 is 2.00 bits per heavy atom. The van der Waals surface area contributed by atoms with Gasteiger partial charge in [0.2, 0.25) is 0 Å². The van der Waals surface area contributed by atoms with Gasteiger partial charge < -0.3 is 5.32 Å². The zero-order chi connectivity index (χ0) is 13.7. The second-order valence-electron chi connectivity index (χ2n) is 4.23. The number of rotatable bonds is 6. The van der Waals surface area contributed by atoms with Crippen molar-refractivity contribution in [1.29, 1.82) is 0 Å². The van der Waals surface area contributed by atoms with E-state index in [0.717, 1.165) is 19.3 Å². The molecule has 1 atom stereocenters. The van der Waals surface area contributed by atoms with Crippen LogP contribution in [0.5, 0.6) is 0 Å². The highest BCUT2D eigenvalue weighted by molar-refractivity contribution is 6.42. The van der Waals surface area contributed by atoms with Crippen molar-refractivity contribution in [2.75, 3.05) is 5.32 Å². The second-order valence-corrected chi connectivity index (χ2v) is 5.04. The van der Waals surface area contributed by atoms with Gasteiger partial charge in [-0.25, -0.2) is 0 Å². The molecular weight excluding hydrogens is 275 g/mol. The number of anilines is 1. The maximum Gasteiger partial charge on any atom is 0.293 e. The van der Waals surface area contributed by atoms with Crippen molar-refractivity contribution in [3.05, 3.63) is 32.3 Å². The summed E-state index contributed by atoms with van der Waals surface area (Å²) in [5.74, 6) is 0. The van der Waals surface area contributed by atoms with Crippen LogP contribution in [0.25, 0.3) is 0 Å². The summed E-state index contributed by atoms with van der Waals surface area (Å²) in [5.41, 5.74) is 0.366. The molecule has 1 rings (SSSR count). The highest BCUT2D eigenvalue weighted by Crippen LogP contribution is 2.34. The Bertz CT molecular complexity index is 438. The first-order valence-electron chi connectivity index (χ1n) is 5.85. The topological polar surface area (TPSA) is 55.2 Å². The third-order valence-corrected chi connectivity index (χ3v) is 3.35. The average molecular weight is 291 g/mol. The molecule has 4 nitrogen and oxygen atoms in total. The summed E-state index contributed by atoms with van der Waals surface area (Å²) in [6.07, 6.45) is 3.12. The lowest BCUT2D eigenvalue weighted by atomic mass is 10.1. The number of nitro benzene ring substituents is 1.